The summed E-state index contributed by atoms with van der Waals surface area (Å²) in [6.07, 6.45) is 1.61. The fourth-order valence-corrected chi connectivity index (χ4v) is 2.45. The molecule has 0 amide bonds. The molecule has 1 aliphatic rings. The van der Waals surface area contributed by atoms with Gasteiger partial charge in [-0.2, -0.15) is 5.10 Å². The van der Waals surface area contributed by atoms with Crippen molar-refractivity contribution >= 4 is 11.5 Å². The van der Waals surface area contributed by atoms with Crippen molar-refractivity contribution in [3.05, 3.63) is 24.0 Å². The molecule has 0 atom stereocenters. The second-order valence-electron chi connectivity index (χ2n) is 5.56. The Morgan fingerprint density at radius 3 is 2.90 bits per heavy atom. The summed E-state index contributed by atoms with van der Waals surface area (Å²) >= 11 is 0. The number of anilines is 1. The first kappa shape index (κ1) is 13.3. The van der Waals surface area contributed by atoms with Crippen LogP contribution in [0.3, 0.4) is 0 Å². The normalized spacial score (nSPS) is 18.9. The van der Waals surface area contributed by atoms with E-state index < -0.39 is 6.29 Å². The van der Waals surface area contributed by atoms with Crippen LogP contribution in [0.25, 0.3) is 5.65 Å². The third-order valence-corrected chi connectivity index (χ3v) is 3.41. The van der Waals surface area contributed by atoms with Crippen LogP contribution < -0.4 is 4.90 Å². The number of nitrogens with zero attached hydrogens (tertiary/aromatic N) is 4. The Kier molecular flexibility index (Phi) is 3.12. The smallest absolute Gasteiger partial charge is 0.183 e. The molecule has 2 aromatic rings. The fourth-order valence-electron chi connectivity index (χ4n) is 2.45. The highest BCUT2D eigenvalue weighted by molar-refractivity contribution is 5.53. The van der Waals surface area contributed by atoms with Crippen molar-refractivity contribution in [1.82, 2.24) is 14.6 Å². The third kappa shape index (κ3) is 2.35. The van der Waals surface area contributed by atoms with Gasteiger partial charge in [0.05, 0.1) is 24.0 Å². The number of aromatic nitrogens is 3. The van der Waals surface area contributed by atoms with Gasteiger partial charge < -0.3 is 19.8 Å². The Morgan fingerprint density at radius 2 is 2.20 bits per heavy atom. The van der Waals surface area contributed by atoms with Crippen LogP contribution in [0.2, 0.25) is 0 Å². The number of aliphatic hydroxyl groups excluding tert-OH is 1. The molecule has 0 saturated carbocycles. The van der Waals surface area contributed by atoms with Crippen LogP contribution >= 0.6 is 0 Å². The first-order chi connectivity index (χ1) is 9.46. The lowest BCUT2D eigenvalue weighted by molar-refractivity contribution is -0.0415. The zero-order valence-electron chi connectivity index (χ0n) is 11.5. The molecule has 1 aliphatic heterocycles. The van der Waals surface area contributed by atoms with Gasteiger partial charge in [0.1, 0.15) is 5.82 Å². The van der Waals surface area contributed by atoms with E-state index in [-0.39, 0.29) is 5.60 Å². The van der Waals surface area contributed by atoms with Crippen LogP contribution in [0.15, 0.2) is 18.5 Å². The minimum atomic E-state index is -1.57. The van der Waals surface area contributed by atoms with Crippen LogP contribution in [0.4, 0.5) is 5.82 Å². The summed E-state index contributed by atoms with van der Waals surface area (Å²) in [6, 6.07) is 1.87. The molecule has 0 radical (unpaired) electrons. The van der Waals surface area contributed by atoms with Crippen molar-refractivity contribution in [2.75, 3.05) is 24.6 Å². The minimum Gasteiger partial charge on any atom is -0.372 e. The highest BCUT2D eigenvalue weighted by Crippen LogP contribution is 2.23. The van der Waals surface area contributed by atoms with E-state index in [2.05, 4.69) is 15.0 Å². The number of aliphatic hydroxyl groups is 2. The van der Waals surface area contributed by atoms with E-state index in [1.165, 1.54) is 10.7 Å². The molecule has 1 saturated heterocycles. The third-order valence-electron chi connectivity index (χ3n) is 3.41. The van der Waals surface area contributed by atoms with E-state index in [4.69, 9.17) is 4.74 Å². The first-order valence-electron chi connectivity index (χ1n) is 6.56. The number of rotatable bonds is 2. The molecular weight excluding hydrogens is 260 g/mol. The van der Waals surface area contributed by atoms with E-state index in [1.807, 2.05) is 19.9 Å². The lowest BCUT2D eigenvalue weighted by atomic mass is 10.1. The van der Waals surface area contributed by atoms with Gasteiger partial charge in [0.2, 0.25) is 0 Å². The van der Waals surface area contributed by atoms with Crippen LogP contribution in [-0.2, 0) is 4.74 Å². The predicted octanol–water partition coefficient (Wildman–Crippen LogP) is 0.328. The SMILES string of the molecule is CC1(C)CN(c2ccn3ncc(C(O)O)c3n2)CCO1. The number of hydrogen-bond donors (Lipinski definition) is 2. The second-order valence-corrected chi connectivity index (χ2v) is 5.56. The van der Waals surface area contributed by atoms with Gasteiger partial charge in [-0.3, -0.25) is 0 Å². The lowest BCUT2D eigenvalue weighted by Crippen LogP contribution is -2.48. The quantitative estimate of drug-likeness (QED) is 0.770. The second kappa shape index (κ2) is 4.69. The summed E-state index contributed by atoms with van der Waals surface area (Å²) in [7, 11) is 0. The molecule has 0 spiro atoms. The van der Waals surface area contributed by atoms with Crippen LogP contribution in [0.5, 0.6) is 0 Å². The molecule has 3 heterocycles. The van der Waals surface area contributed by atoms with Crippen LogP contribution in [0, 0.1) is 0 Å². The molecule has 1 fully saturated rings. The van der Waals surface area contributed by atoms with Crippen molar-refractivity contribution in [3.8, 4) is 0 Å². The average molecular weight is 278 g/mol. The van der Waals surface area contributed by atoms with Gasteiger partial charge >= 0.3 is 0 Å². The largest absolute Gasteiger partial charge is 0.372 e. The molecule has 2 N–H and O–H groups in total. The summed E-state index contributed by atoms with van der Waals surface area (Å²) in [4.78, 5) is 6.63. The van der Waals surface area contributed by atoms with Crippen molar-refractivity contribution < 1.29 is 14.9 Å². The Bertz CT molecular complexity index is 623. The molecular formula is C13H18N4O3. The van der Waals surface area contributed by atoms with Gasteiger partial charge in [-0.15, -0.1) is 0 Å². The van der Waals surface area contributed by atoms with Gasteiger partial charge in [0, 0.05) is 19.3 Å². The molecule has 20 heavy (non-hydrogen) atoms. The predicted molar refractivity (Wildman–Crippen MR) is 72.4 cm³/mol. The van der Waals surface area contributed by atoms with Crippen molar-refractivity contribution in [2.45, 2.75) is 25.7 Å². The molecule has 3 rings (SSSR count). The maximum atomic E-state index is 9.32. The summed E-state index contributed by atoms with van der Waals surface area (Å²) in [5.74, 6) is 0.788. The van der Waals surface area contributed by atoms with Crippen molar-refractivity contribution in [3.63, 3.8) is 0 Å². The van der Waals surface area contributed by atoms with E-state index in [1.54, 1.807) is 6.20 Å². The van der Waals surface area contributed by atoms with E-state index in [0.29, 0.717) is 17.8 Å². The highest BCUT2D eigenvalue weighted by atomic mass is 16.5. The molecule has 0 aromatic carbocycles. The average Bonchev–Trinajstić information content (AvgIpc) is 2.80. The van der Waals surface area contributed by atoms with Gasteiger partial charge in [0.15, 0.2) is 11.9 Å². The molecule has 108 valence electrons. The number of hydrogen-bond acceptors (Lipinski definition) is 6. The highest BCUT2D eigenvalue weighted by Gasteiger charge is 2.28. The number of ether oxygens (including phenoxy) is 1. The van der Waals surface area contributed by atoms with Crippen molar-refractivity contribution in [2.24, 2.45) is 0 Å². The fraction of sp³-hybridized carbons (Fsp3) is 0.538. The van der Waals surface area contributed by atoms with Crippen LogP contribution in [0.1, 0.15) is 25.7 Å². The van der Waals surface area contributed by atoms with Gasteiger partial charge in [-0.1, -0.05) is 0 Å². The first-order valence-corrected chi connectivity index (χ1v) is 6.56. The van der Waals surface area contributed by atoms with E-state index in [9.17, 15) is 10.2 Å². The topological polar surface area (TPSA) is 83.1 Å². The monoisotopic (exact) mass is 278 g/mol. The van der Waals surface area contributed by atoms with Gasteiger partial charge in [-0.05, 0) is 19.9 Å². The summed E-state index contributed by atoms with van der Waals surface area (Å²) in [5.41, 5.74) is 0.548. The summed E-state index contributed by atoms with van der Waals surface area (Å²) in [6.45, 7) is 6.23. The van der Waals surface area contributed by atoms with Gasteiger partial charge in [0.25, 0.3) is 0 Å². The Balaban J connectivity index is 1.97. The number of morpholine rings is 1. The van der Waals surface area contributed by atoms with E-state index in [0.717, 1.165) is 18.9 Å². The van der Waals surface area contributed by atoms with Gasteiger partial charge in [-0.25, -0.2) is 9.50 Å². The molecule has 0 aliphatic carbocycles. The standard InChI is InChI=1S/C13H18N4O3/c1-13(2)8-16(5-6-20-13)10-3-4-17-11(15-10)9(7-14-17)12(18)19/h3-4,7,12,18-19H,5-6,8H2,1-2H3. The maximum absolute atomic E-state index is 9.32. The summed E-state index contributed by atoms with van der Waals surface area (Å²) < 4.78 is 7.22. The maximum Gasteiger partial charge on any atom is 0.183 e. The van der Waals surface area contributed by atoms with E-state index >= 15 is 0 Å². The lowest BCUT2D eigenvalue weighted by Gasteiger charge is -2.38. The molecule has 7 nitrogen and oxygen atoms in total. The molecule has 7 heteroatoms. The molecule has 0 bridgehead atoms. The van der Waals surface area contributed by atoms with Crippen molar-refractivity contribution in [1.29, 1.82) is 0 Å². The minimum absolute atomic E-state index is 0.217. The Hall–Kier alpha value is -1.70. The zero-order valence-corrected chi connectivity index (χ0v) is 11.5. The molecule has 2 aromatic heterocycles. The zero-order chi connectivity index (χ0) is 14.3. The number of fused-ring (bicyclic) bond motifs is 1. The van der Waals surface area contributed by atoms with Crippen LogP contribution in [-0.4, -0.2) is 50.1 Å². The Morgan fingerprint density at radius 1 is 1.40 bits per heavy atom. The molecule has 0 unspecified atom stereocenters. The Labute approximate surface area is 116 Å². The summed E-state index contributed by atoms with van der Waals surface area (Å²) in [5, 5.41) is 22.7.